The number of benzene rings is 1. The van der Waals surface area contributed by atoms with Crippen LogP contribution in [0.3, 0.4) is 0 Å². The first-order valence-electron chi connectivity index (χ1n) is 6.55. The van der Waals surface area contributed by atoms with Crippen molar-refractivity contribution in [2.24, 2.45) is 0 Å². The second kappa shape index (κ2) is 7.52. The Morgan fingerprint density at radius 1 is 1.37 bits per heavy atom. The van der Waals surface area contributed by atoms with Gasteiger partial charge in [0.1, 0.15) is 5.82 Å². The van der Waals surface area contributed by atoms with Crippen molar-refractivity contribution in [2.45, 2.75) is 38.0 Å². The van der Waals surface area contributed by atoms with E-state index >= 15 is 0 Å². The third kappa shape index (κ3) is 4.22. The third-order valence-electron chi connectivity index (χ3n) is 3.66. The molecule has 4 heteroatoms. The minimum absolute atomic E-state index is 0.212. The maximum absolute atomic E-state index is 13.6. The normalized spacial score (nSPS) is 11.3. The maximum atomic E-state index is 13.6. The fourth-order valence-corrected chi connectivity index (χ4v) is 2.89. The van der Waals surface area contributed by atoms with Crippen LogP contribution in [-0.4, -0.2) is 17.5 Å². The molecular weight excluding hydrogens is 259 g/mol. The molecule has 1 aromatic rings. The summed E-state index contributed by atoms with van der Waals surface area (Å²) in [6.45, 7) is 5.66. The van der Waals surface area contributed by atoms with Crippen LogP contribution in [0.25, 0.3) is 0 Å². The van der Waals surface area contributed by atoms with Crippen LogP contribution in [0, 0.1) is 17.1 Å². The summed E-state index contributed by atoms with van der Waals surface area (Å²) < 4.78 is 13.8. The zero-order chi connectivity index (χ0) is 14.3. The molecule has 0 unspecified atom stereocenters. The van der Waals surface area contributed by atoms with Crippen LogP contribution >= 0.6 is 11.8 Å². The number of nitrogens with one attached hydrogen (secondary N) is 1. The van der Waals surface area contributed by atoms with Crippen molar-refractivity contribution < 1.29 is 4.39 Å². The second-order valence-corrected chi connectivity index (χ2v) is 5.89. The highest BCUT2D eigenvalue weighted by atomic mass is 32.2. The van der Waals surface area contributed by atoms with Gasteiger partial charge in [0.25, 0.3) is 0 Å². The van der Waals surface area contributed by atoms with Crippen LogP contribution in [0.1, 0.15) is 37.8 Å². The number of hydrogen-bond acceptors (Lipinski definition) is 3. The standard InChI is InChI=1S/C15H21FN2S/c1-4-15(5-2,19-3)11-18-10-13-8-12(9-17)6-7-14(13)16/h6-8,18H,4-5,10-11H2,1-3H3. The highest BCUT2D eigenvalue weighted by molar-refractivity contribution is 8.00. The van der Waals surface area contributed by atoms with Crippen molar-refractivity contribution in [3.05, 3.63) is 35.1 Å². The smallest absolute Gasteiger partial charge is 0.127 e. The molecule has 19 heavy (non-hydrogen) atoms. The van der Waals surface area contributed by atoms with Gasteiger partial charge in [-0.1, -0.05) is 13.8 Å². The zero-order valence-electron chi connectivity index (χ0n) is 11.8. The van der Waals surface area contributed by atoms with Gasteiger partial charge in [-0.15, -0.1) is 0 Å². The van der Waals surface area contributed by atoms with Gasteiger partial charge >= 0.3 is 0 Å². The Labute approximate surface area is 119 Å². The number of thioether (sulfide) groups is 1. The monoisotopic (exact) mass is 280 g/mol. The molecule has 1 N–H and O–H groups in total. The topological polar surface area (TPSA) is 35.8 Å². The number of hydrogen-bond donors (Lipinski definition) is 1. The van der Waals surface area contributed by atoms with Gasteiger partial charge in [0.05, 0.1) is 11.6 Å². The Morgan fingerprint density at radius 3 is 2.58 bits per heavy atom. The molecule has 0 aromatic heterocycles. The van der Waals surface area contributed by atoms with Gasteiger partial charge < -0.3 is 5.32 Å². The number of halogens is 1. The molecule has 0 amide bonds. The second-order valence-electron chi connectivity index (χ2n) is 4.62. The van der Waals surface area contributed by atoms with Crippen molar-refractivity contribution in [1.82, 2.24) is 5.32 Å². The molecule has 0 fully saturated rings. The van der Waals surface area contributed by atoms with E-state index in [2.05, 4.69) is 25.4 Å². The quantitative estimate of drug-likeness (QED) is 0.827. The van der Waals surface area contributed by atoms with Crippen molar-refractivity contribution >= 4 is 11.8 Å². The van der Waals surface area contributed by atoms with E-state index in [1.54, 1.807) is 6.07 Å². The number of nitrogens with zero attached hydrogens (tertiary/aromatic N) is 1. The first-order chi connectivity index (χ1) is 9.10. The number of nitriles is 1. The predicted octanol–water partition coefficient (Wildman–Crippen LogP) is 3.71. The molecule has 0 saturated heterocycles. The average molecular weight is 280 g/mol. The molecule has 1 rings (SSSR count). The zero-order valence-corrected chi connectivity index (χ0v) is 12.6. The summed E-state index contributed by atoms with van der Waals surface area (Å²) in [7, 11) is 0. The minimum atomic E-state index is -0.255. The molecular formula is C15H21FN2S. The molecule has 0 spiro atoms. The average Bonchev–Trinajstić information content (AvgIpc) is 2.46. The van der Waals surface area contributed by atoms with Gasteiger partial charge in [-0.25, -0.2) is 4.39 Å². The van der Waals surface area contributed by atoms with Crippen LogP contribution in [-0.2, 0) is 6.54 Å². The van der Waals surface area contributed by atoms with Gasteiger partial charge in [-0.3, -0.25) is 0 Å². The largest absolute Gasteiger partial charge is 0.311 e. The fourth-order valence-electron chi connectivity index (χ4n) is 2.07. The summed E-state index contributed by atoms with van der Waals surface area (Å²) in [4.78, 5) is 0. The van der Waals surface area contributed by atoms with E-state index in [9.17, 15) is 4.39 Å². The Kier molecular flexibility index (Phi) is 6.33. The van der Waals surface area contributed by atoms with Gasteiger partial charge in [0.15, 0.2) is 0 Å². The van der Waals surface area contributed by atoms with E-state index in [4.69, 9.17) is 5.26 Å². The molecule has 0 heterocycles. The van der Waals surface area contributed by atoms with E-state index in [-0.39, 0.29) is 10.6 Å². The van der Waals surface area contributed by atoms with E-state index in [1.807, 2.05) is 17.8 Å². The van der Waals surface area contributed by atoms with Gasteiger partial charge in [-0.2, -0.15) is 17.0 Å². The van der Waals surface area contributed by atoms with Crippen molar-refractivity contribution in [1.29, 1.82) is 5.26 Å². The SMILES string of the molecule is CCC(CC)(CNCc1cc(C#N)ccc1F)SC. The Morgan fingerprint density at radius 2 is 2.05 bits per heavy atom. The molecule has 0 atom stereocenters. The Balaban J connectivity index is 2.65. The van der Waals surface area contributed by atoms with Crippen LogP contribution in [0.2, 0.25) is 0 Å². The van der Waals surface area contributed by atoms with Crippen LogP contribution in [0.5, 0.6) is 0 Å². The van der Waals surface area contributed by atoms with Crippen molar-refractivity contribution in [2.75, 3.05) is 12.8 Å². The van der Waals surface area contributed by atoms with Crippen LogP contribution in [0.15, 0.2) is 18.2 Å². The summed E-state index contributed by atoms with van der Waals surface area (Å²) in [5.74, 6) is -0.255. The lowest BCUT2D eigenvalue weighted by Gasteiger charge is -2.30. The molecule has 0 saturated carbocycles. The van der Waals surface area contributed by atoms with E-state index < -0.39 is 0 Å². The lowest BCUT2D eigenvalue weighted by atomic mass is 10.0. The third-order valence-corrected chi connectivity index (χ3v) is 5.25. The van der Waals surface area contributed by atoms with E-state index in [1.165, 1.54) is 12.1 Å². The molecule has 0 radical (unpaired) electrons. The maximum Gasteiger partial charge on any atom is 0.127 e. The van der Waals surface area contributed by atoms with Gasteiger partial charge in [0.2, 0.25) is 0 Å². The molecule has 0 aliphatic carbocycles. The molecule has 2 nitrogen and oxygen atoms in total. The molecule has 0 aliphatic rings. The van der Waals surface area contributed by atoms with Crippen LogP contribution < -0.4 is 5.32 Å². The highest BCUT2D eigenvalue weighted by Gasteiger charge is 2.24. The van der Waals surface area contributed by atoms with E-state index in [0.717, 1.165) is 19.4 Å². The minimum Gasteiger partial charge on any atom is -0.311 e. The lowest BCUT2D eigenvalue weighted by Crippen LogP contribution is -2.36. The van der Waals surface area contributed by atoms with Gasteiger partial charge in [0, 0.05) is 23.4 Å². The molecule has 1 aromatic carbocycles. The lowest BCUT2D eigenvalue weighted by molar-refractivity contribution is 0.488. The summed E-state index contributed by atoms with van der Waals surface area (Å²) in [5.41, 5.74) is 1.06. The summed E-state index contributed by atoms with van der Waals surface area (Å²) in [6.07, 6.45) is 4.28. The Hall–Kier alpha value is -1.05. The summed E-state index contributed by atoms with van der Waals surface area (Å²) in [6, 6.07) is 6.51. The van der Waals surface area contributed by atoms with Crippen molar-refractivity contribution in [3.8, 4) is 6.07 Å². The number of rotatable bonds is 7. The highest BCUT2D eigenvalue weighted by Crippen LogP contribution is 2.29. The first kappa shape index (κ1) is 16.0. The molecule has 0 bridgehead atoms. The van der Waals surface area contributed by atoms with Crippen molar-refractivity contribution in [3.63, 3.8) is 0 Å². The van der Waals surface area contributed by atoms with E-state index in [0.29, 0.717) is 17.7 Å². The predicted molar refractivity (Wildman–Crippen MR) is 79.6 cm³/mol. The fraction of sp³-hybridized carbons (Fsp3) is 0.533. The van der Waals surface area contributed by atoms with Gasteiger partial charge in [-0.05, 0) is 37.3 Å². The Bertz CT molecular complexity index is 442. The molecule has 0 aliphatic heterocycles. The summed E-state index contributed by atoms with van der Waals surface area (Å²) >= 11 is 1.86. The first-order valence-corrected chi connectivity index (χ1v) is 7.77. The summed E-state index contributed by atoms with van der Waals surface area (Å²) in [5, 5.41) is 12.1. The van der Waals surface area contributed by atoms with Crippen LogP contribution in [0.4, 0.5) is 4.39 Å². The molecule has 104 valence electrons.